The highest BCUT2D eigenvalue weighted by molar-refractivity contribution is 5.85. The van der Waals surface area contributed by atoms with E-state index in [0.717, 1.165) is 38.4 Å². The van der Waals surface area contributed by atoms with E-state index in [1.54, 1.807) is 7.11 Å². The molecule has 3 unspecified atom stereocenters. The molecular weight excluding hydrogens is 395 g/mol. The van der Waals surface area contributed by atoms with E-state index in [0.29, 0.717) is 12.0 Å². The van der Waals surface area contributed by atoms with Crippen molar-refractivity contribution in [3.8, 4) is 5.75 Å². The first-order valence-electron chi connectivity index (χ1n) is 9.58. The molecular formula is C22H30Cl2N2O2. The zero-order valence-corrected chi connectivity index (χ0v) is 18.1. The Labute approximate surface area is 180 Å². The average molecular weight is 425 g/mol. The summed E-state index contributed by atoms with van der Waals surface area (Å²) in [6, 6.07) is 17.5. The van der Waals surface area contributed by atoms with Crippen molar-refractivity contribution in [2.45, 2.75) is 25.5 Å². The molecule has 28 heavy (non-hydrogen) atoms. The van der Waals surface area contributed by atoms with Crippen molar-refractivity contribution in [2.75, 3.05) is 38.3 Å². The maximum atomic E-state index is 6.22. The fourth-order valence-corrected chi connectivity index (χ4v) is 4.24. The Morgan fingerprint density at radius 1 is 1.14 bits per heavy atom. The Morgan fingerprint density at radius 3 is 2.79 bits per heavy atom. The summed E-state index contributed by atoms with van der Waals surface area (Å²) < 4.78 is 11.6. The number of nitrogens with one attached hydrogen (secondary N) is 1. The number of methoxy groups -OCH3 is 1. The van der Waals surface area contributed by atoms with E-state index in [4.69, 9.17) is 9.47 Å². The summed E-state index contributed by atoms with van der Waals surface area (Å²) in [5.41, 5.74) is 4.04. The fourth-order valence-electron chi connectivity index (χ4n) is 4.24. The third-order valence-corrected chi connectivity index (χ3v) is 5.77. The van der Waals surface area contributed by atoms with Gasteiger partial charge in [-0.05, 0) is 29.7 Å². The van der Waals surface area contributed by atoms with Gasteiger partial charge in [0.15, 0.2) is 0 Å². The molecule has 2 aromatic carbocycles. The standard InChI is InChI=1S/C22H28N2O2.2ClH/c1-16(22-20-9-4-3-6-17(20)10-13-26-22)21-15-24(12-11-23-21)18-7-5-8-19(14-18)25-2;;/h3-9,14,16,21-23H,10-13,15H2,1-2H3;2*1H. The van der Waals surface area contributed by atoms with Gasteiger partial charge >= 0.3 is 0 Å². The molecule has 0 spiro atoms. The second-order valence-corrected chi connectivity index (χ2v) is 7.31. The van der Waals surface area contributed by atoms with Crippen LogP contribution >= 0.6 is 24.8 Å². The van der Waals surface area contributed by atoms with Crippen LogP contribution in [-0.4, -0.2) is 39.4 Å². The molecule has 2 heterocycles. The molecule has 2 aromatic rings. The van der Waals surface area contributed by atoms with Gasteiger partial charge in [-0.15, -0.1) is 24.8 Å². The van der Waals surface area contributed by atoms with Crippen molar-refractivity contribution < 1.29 is 9.47 Å². The normalized spacial score (nSPS) is 22.3. The summed E-state index contributed by atoms with van der Waals surface area (Å²) in [5.74, 6) is 1.32. The quantitative estimate of drug-likeness (QED) is 0.794. The van der Waals surface area contributed by atoms with Gasteiger partial charge in [-0.25, -0.2) is 0 Å². The summed E-state index contributed by atoms with van der Waals surface area (Å²) >= 11 is 0. The highest BCUT2D eigenvalue weighted by Crippen LogP contribution is 2.35. The predicted octanol–water partition coefficient (Wildman–Crippen LogP) is 4.27. The molecule has 0 radical (unpaired) electrons. The third kappa shape index (κ3) is 4.74. The van der Waals surface area contributed by atoms with Gasteiger partial charge in [0.1, 0.15) is 5.75 Å². The van der Waals surface area contributed by atoms with Crippen molar-refractivity contribution in [1.29, 1.82) is 0 Å². The summed E-state index contributed by atoms with van der Waals surface area (Å²) in [7, 11) is 1.72. The Bertz CT molecular complexity index is 759. The number of benzene rings is 2. The Hall–Kier alpha value is -1.46. The molecule has 6 heteroatoms. The first kappa shape index (κ1) is 22.8. The number of ether oxygens (including phenoxy) is 2. The fraction of sp³-hybridized carbons (Fsp3) is 0.455. The summed E-state index contributed by atoms with van der Waals surface area (Å²) in [4.78, 5) is 2.45. The largest absolute Gasteiger partial charge is 0.497 e. The van der Waals surface area contributed by atoms with Crippen LogP contribution in [0.25, 0.3) is 0 Å². The lowest BCUT2D eigenvalue weighted by atomic mass is 9.85. The van der Waals surface area contributed by atoms with Crippen LogP contribution in [0, 0.1) is 5.92 Å². The molecule has 0 aromatic heterocycles. The SMILES string of the molecule is COc1cccc(N2CCNC(C(C)C3OCCc4ccccc43)C2)c1.Cl.Cl. The van der Waals surface area contributed by atoms with Crippen molar-refractivity contribution >= 4 is 30.5 Å². The van der Waals surface area contributed by atoms with Crippen LogP contribution in [0.2, 0.25) is 0 Å². The predicted molar refractivity (Wildman–Crippen MR) is 119 cm³/mol. The number of hydrogen-bond donors (Lipinski definition) is 1. The van der Waals surface area contributed by atoms with Crippen LogP contribution in [0.5, 0.6) is 5.75 Å². The molecule has 2 aliphatic heterocycles. The first-order valence-corrected chi connectivity index (χ1v) is 9.58. The van der Waals surface area contributed by atoms with Gasteiger partial charge in [-0.3, -0.25) is 0 Å². The second kappa shape index (κ2) is 10.4. The van der Waals surface area contributed by atoms with Crippen LogP contribution < -0.4 is 15.0 Å². The second-order valence-electron chi connectivity index (χ2n) is 7.31. The molecule has 0 amide bonds. The molecule has 0 bridgehead atoms. The molecule has 154 valence electrons. The Kier molecular flexibility index (Phi) is 8.44. The lowest BCUT2D eigenvalue weighted by Crippen LogP contribution is -2.54. The van der Waals surface area contributed by atoms with Crippen LogP contribution in [0.15, 0.2) is 48.5 Å². The minimum absolute atomic E-state index is 0. The summed E-state index contributed by atoms with van der Waals surface area (Å²) in [5, 5.41) is 3.72. The summed E-state index contributed by atoms with van der Waals surface area (Å²) in [6.45, 7) is 6.12. The molecule has 3 atom stereocenters. The third-order valence-electron chi connectivity index (χ3n) is 5.77. The number of rotatable bonds is 4. The zero-order valence-electron chi connectivity index (χ0n) is 16.5. The minimum atomic E-state index is 0. The topological polar surface area (TPSA) is 33.7 Å². The van der Waals surface area contributed by atoms with Crippen molar-refractivity contribution in [2.24, 2.45) is 5.92 Å². The Balaban J connectivity index is 0.00000140. The molecule has 0 aliphatic carbocycles. The first-order chi connectivity index (χ1) is 12.8. The smallest absolute Gasteiger partial charge is 0.120 e. The van der Waals surface area contributed by atoms with Gasteiger partial charge in [-0.1, -0.05) is 37.3 Å². The van der Waals surface area contributed by atoms with Gasteiger partial charge in [0.2, 0.25) is 0 Å². The van der Waals surface area contributed by atoms with E-state index in [2.05, 4.69) is 59.6 Å². The number of piperazine rings is 1. The van der Waals surface area contributed by atoms with Crippen LogP contribution in [0.1, 0.15) is 24.2 Å². The molecule has 2 aliphatic rings. The highest BCUT2D eigenvalue weighted by Gasteiger charge is 2.33. The molecule has 1 saturated heterocycles. The number of anilines is 1. The molecule has 1 N–H and O–H groups in total. The average Bonchev–Trinajstić information content (AvgIpc) is 2.73. The Morgan fingerprint density at radius 2 is 1.96 bits per heavy atom. The van der Waals surface area contributed by atoms with Gasteiger partial charge in [0, 0.05) is 43.3 Å². The number of fused-ring (bicyclic) bond motifs is 1. The van der Waals surface area contributed by atoms with E-state index >= 15 is 0 Å². The lowest BCUT2D eigenvalue weighted by molar-refractivity contribution is -0.00539. The van der Waals surface area contributed by atoms with E-state index < -0.39 is 0 Å². The van der Waals surface area contributed by atoms with E-state index in [1.807, 2.05) is 6.07 Å². The highest BCUT2D eigenvalue weighted by atomic mass is 35.5. The lowest BCUT2D eigenvalue weighted by Gasteiger charge is -2.41. The van der Waals surface area contributed by atoms with Crippen molar-refractivity contribution in [3.63, 3.8) is 0 Å². The number of hydrogen-bond acceptors (Lipinski definition) is 4. The summed E-state index contributed by atoms with van der Waals surface area (Å²) in [6.07, 6.45) is 1.19. The van der Waals surface area contributed by atoms with Crippen molar-refractivity contribution in [1.82, 2.24) is 5.32 Å². The molecule has 4 rings (SSSR count). The van der Waals surface area contributed by atoms with Gasteiger partial charge in [-0.2, -0.15) is 0 Å². The van der Waals surface area contributed by atoms with Crippen LogP contribution in [-0.2, 0) is 11.2 Å². The van der Waals surface area contributed by atoms with E-state index in [-0.39, 0.29) is 30.9 Å². The zero-order chi connectivity index (χ0) is 17.9. The number of halogens is 2. The van der Waals surface area contributed by atoms with E-state index in [1.165, 1.54) is 16.8 Å². The monoisotopic (exact) mass is 424 g/mol. The maximum absolute atomic E-state index is 6.22. The van der Waals surface area contributed by atoms with Gasteiger partial charge < -0.3 is 19.7 Å². The maximum Gasteiger partial charge on any atom is 0.120 e. The van der Waals surface area contributed by atoms with Crippen LogP contribution in [0.4, 0.5) is 5.69 Å². The molecule has 0 saturated carbocycles. The van der Waals surface area contributed by atoms with E-state index in [9.17, 15) is 0 Å². The number of nitrogens with zero attached hydrogens (tertiary/aromatic N) is 1. The molecule has 4 nitrogen and oxygen atoms in total. The van der Waals surface area contributed by atoms with Crippen LogP contribution in [0.3, 0.4) is 0 Å². The molecule has 1 fully saturated rings. The van der Waals surface area contributed by atoms with Gasteiger partial charge in [0.05, 0.1) is 19.8 Å². The van der Waals surface area contributed by atoms with Crippen molar-refractivity contribution in [3.05, 3.63) is 59.7 Å². The minimum Gasteiger partial charge on any atom is -0.497 e. The van der Waals surface area contributed by atoms with Gasteiger partial charge in [0.25, 0.3) is 0 Å².